The molecule has 0 unspecified atom stereocenters. The van der Waals surface area contributed by atoms with E-state index in [9.17, 15) is 9.18 Å². The molecule has 0 atom stereocenters. The van der Waals surface area contributed by atoms with Crippen LogP contribution in [0.4, 0.5) is 4.39 Å². The van der Waals surface area contributed by atoms with E-state index in [1.165, 1.54) is 24.3 Å². The second kappa shape index (κ2) is 3.85. The van der Waals surface area contributed by atoms with Gasteiger partial charge in [-0.3, -0.25) is 4.79 Å². The van der Waals surface area contributed by atoms with Gasteiger partial charge in [0.1, 0.15) is 5.82 Å². The van der Waals surface area contributed by atoms with Crippen molar-refractivity contribution in [3.05, 3.63) is 41.7 Å². The second-order valence-electron chi connectivity index (χ2n) is 3.69. The number of halogens is 1. The predicted molar refractivity (Wildman–Crippen MR) is 57.0 cm³/mol. The van der Waals surface area contributed by atoms with Crippen LogP contribution in [0, 0.1) is 5.82 Å². The Hall–Kier alpha value is -1.64. The molecule has 3 heteroatoms. The first kappa shape index (κ1) is 9.90. The van der Waals surface area contributed by atoms with Crippen molar-refractivity contribution in [2.75, 3.05) is 0 Å². The molecule has 1 aliphatic rings. The molecular weight excluding hydrogens is 193 g/mol. The number of nitrogens with one attached hydrogen (secondary N) is 1. The lowest BCUT2D eigenvalue weighted by molar-refractivity contribution is 0.0951. The maximum atomic E-state index is 13.1. The van der Waals surface area contributed by atoms with Crippen molar-refractivity contribution < 1.29 is 9.18 Å². The minimum atomic E-state index is -0.354. The molecule has 1 N–H and O–H groups in total. The minimum Gasteiger partial charge on any atom is -0.349 e. The van der Waals surface area contributed by atoms with E-state index in [1.807, 2.05) is 0 Å². The van der Waals surface area contributed by atoms with E-state index in [-0.39, 0.29) is 11.7 Å². The van der Waals surface area contributed by atoms with E-state index in [0.717, 1.165) is 12.8 Å². The Morgan fingerprint density at radius 3 is 2.87 bits per heavy atom. The van der Waals surface area contributed by atoms with Gasteiger partial charge in [-0.25, -0.2) is 4.39 Å². The summed E-state index contributed by atoms with van der Waals surface area (Å²) in [6.07, 6.45) is 3.49. The lowest BCUT2D eigenvalue weighted by Gasteiger charge is -2.04. The zero-order valence-electron chi connectivity index (χ0n) is 8.29. The van der Waals surface area contributed by atoms with Crippen molar-refractivity contribution in [2.24, 2.45) is 0 Å². The number of hydrogen-bond donors (Lipinski definition) is 1. The normalized spacial score (nSPS) is 14.7. The van der Waals surface area contributed by atoms with Crippen molar-refractivity contribution >= 4 is 12.0 Å². The van der Waals surface area contributed by atoms with E-state index in [2.05, 4.69) is 11.9 Å². The van der Waals surface area contributed by atoms with Gasteiger partial charge in [-0.05, 0) is 31.0 Å². The fraction of sp³-hybridized carbons (Fsp3) is 0.250. The predicted octanol–water partition coefficient (Wildman–Crippen LogP) is 2.36. The van der Waals surface area contributed by atoms with Gasteiger partial charge < -0.3 is 5.32 Å². The van der Waals surface area contributed by atoms with Crippen molar-refractivity contribution in [2.45, 2.75) is 18.9 Å². The maximum absolute atomic E-state index is 13.1. The number of hydrogen-bond acceptors (Lipinski definition) is 1. The summed E-state index contributed by atoms with van der Waals surface area (Å²) in [6, 6.07) is 4.61. The highest BCUT2D eigenvalue weighted by Gasteiger charge is 2.23. The molecule has 0 heterocycles. The molecule has 15 heavy (non-hydrogen) atoms. The third-order valence-electron chi connectivity index (χ3n) is 2.39. The highest BCUT2D eigenvalue weighted by molar-refractivity contribution is 5.95. The molecule has 1 aliphatic carbocycles. The number of rotatable bonds is 3. The van der Waals surface area contributed by atoms with Crippen LogP contribution in [0.5, 0.6) is 0 Å². The summed E-state index contributed by atoms with van der Waals surface area (Å²) < 4.78 is 13.1. The number of carbonyl (C=O) groups is 1. The van der Waals surface area contributed by atoms with Crippen LogP contribution in [0.3, 0.4) is 0 Å². The van der Waals surface area contributed by atoms with Crippen molar-refractivity contribution in [1.29, 1.82) is 0 Å². The Kier molecular flexibility index (Phi) is 2.54. The first-order chi connectivity index (χ1) is 7.20. The van der Waals surface area contributed by atoms with Gasteiger partial charge in [-0.1, -0.05) is 12.7 Å². The zero-order chi connectivity index (χ0) is 10.8. The fourth-order valence-electron chi connectivity index (χ4n) is 1.34. The molecule has 0 saturated heterocycles. The summed E-state index contributed by atoms with van der Waals surface area (Å²) in [5, 5.41) is 2.85. The Morgan fingerprint density at radius 2 is 2.27 bits per heavy atom. The minimum absolute atomic E-state index is 0.138. The summed E-state index contributed by atoms with van der Waals surface area (Å²) in [5.74, 6) is -0.492. The fourth-order valence-corrected chi connectivity index (χ4v) is 1.34. The van der Waals surface area contributed by atoms with Crippen molar-refractivity contribution in [3.8, 4) is 0 Å². The standard InChI is InChI=1S/C12H12FNO/c1-2-8-7-9(3-6-11(8)13)12(15)14-10-4-5-10/h2-3,6-7,10H,1,4-5H2,(H,14,15). The van der Waals surface area contributed by atoms with Crippen LogP contribution in [0.15, 0.2) is 24.8 Å². The second-order valence-corrected chi connectivity index (χ2v) is 3.69. The highest BCUT2D eigenvalue weighted by Crippen LogP contribution is 2.20. The van der Waals surface area contributed by atoms with Gasteiger partial charge in [-0.2, -0.15) is 0 Å². The zero-order valence-corrected chi connectivity index (χ0v) is 8.29. The van der Waals surface area contributed by atoms with Gasteiger partial charge in [-0.15, -0.1) is 0 Å². The Morgan fingerprint density at radius 1 is 1.53 bits per heavy atom. The Labute approximate surface area is 87.8 Å². The van der Waals surface area contributed by atoms with E-state index >= 15 is 0 Å². The summed E-state index contributed by atoms with van der Waals surface area (Å²) in [5.41, 5.74) is 0.844. The van der Waals surface area contributed by atoms with Crippen LogP contribution in [-0.4, -0.2) is 11.9 Å². The van der Waals surface area contributed by atoms with Gasteiger partial charge in [0.25, 0.3) is 5.91 Å². The lowest BCUT2D eigenvalue weighted by atomic mass is 10.1. The van der Waals surface area contributed by atoms with Crippen LogP contribution >= 0.6 is 0 Å². The molecule has 0 aromatic heterocycles. The molecule has 0 bridgehead atoms. The van der Waals surface area contributed by atoms with Gasteiger partial charge in [0.2, 0.25) is 0 Å². The molecule has 1 aromatic carbocycles. The lowest BCUT2D eigenvalue weighted by Crippen LogP contribution is -2.25. The molecule has 0 radical (unpaired) electrons. The maximum Gasteiger partial charge on any atom is 0.251 e. The van der Waals surface area contributed by atoms with E-state index in [0.29, 0.717) is 17.2 Å². The average molecular weight is 205 g/mol. The first-order valence-electron chi connectivity index (χ1n) is 4.93. The number of benzene rings is 1. The summed E-state index contributed by atoms with van der Waals surface area (Å²) in [6.45, 7) is 3.49. The molecule has 1 fully saturated rings. The molecule has 1 saturated carbocycles. The summed E-state index contributed by atoms with van der Waals surface area (Å²) >= 11 is 0. The topological polar surface area (TPSA) is 29.1 Å². The van der Waals surface area contributed by atoms with Crippen LogP contribution in [0.25, 0.3) is 6.08 Å². The van der Waals surface area contributed by atoms with Crippen LogP contribution < -0.4 is 5.32 Å². The monoisotopic (exact) mass is 205 g/mol. The van der Waals surface area contributed by atoms with Gasteiger partial charge in [0.15, 0.2) is 0 Å². The molecule has 78 valence electrons. The third kappa shape index (κ3) is 2.24. The summed E-state index contributed by atoms with van der Waals surface area (Å²) in [7, 11) is 0. The number of amides is 1. The van der Waals surface area contributed by atoms with E-state index in [4.69, 9.17) is 0 Å². The van der Waals surface area contributed by atoms with Crippen LogP contribution in [-0.2, 0) is 0 Å². The molecule has 2 rings (SSSR count). The molecular formula is C12H12FNO. The van der Waals surface area contributed by atoms with Gasteiger partial charge >= 0.3 is 0 Å². The molecule has 0 aliphatic heterocycles. The van der Waals surface area contributed by atoms with Crippen molar-refractivity contribution in [1.82, 2.24) is 5.32 Å². The first-order valence-corrected chi connectivity index (χ1v) is 4.93. The third-order valence-corrected chi connectivity index (χ3v) is 2.39. The SMILES string of the molecule is C=Cc1cc(C(=O)NC2CC2)ccc1F. The average Bonchev–Trinajstić information content (AvgIpc) is 3.02. The van der Waals surface area contributed by atoms with Gasteiger partial charge in [0, 0.05) is 17.2 Å². The molecule has 0 spiro atoms. The van der Waals surface area contributed by atoms with Crippen molar-refractivity contribution in [3.63, 3.8) is 0 Å². The molecule has 2 nitrogen and oxygen atoms in total. The highest BCUT2D eigenvalue weighted by atomic mass is 19.1. The Bertz CT molecular complexity index is 410. The molecule has 1 aromatic rings. The quantitative estimate of drug-likeness (QED) is 0.806. The van der Waals surface area contributed by atoms with Gasteiger partial charge in [0.05, 0.1) is 0 Å². The van der Waals surface area contributed by atoms with Crippen LogP contribution in [0.2, 0.25) is 0 Å². The summed E-state index contributed by atoms with van der Waals surface area (Å²) in [4.78, 5) is 11.6. The number of carbonyl (C=O) groups excluding carboxylic acids is 1. The largest absolute Gasteiger partial charge is 0.349 e. The van der Waals surface area contributed by atoms with E-state index < -0.39 is 0 Å². The molecule has 1 amide bonds. The van der Waals surface area contributed by atoms with Crippen LogP contribution in [0.1, 0.15) is 28.8 Å². The smallest absolute Gasteiger partial charge is 0.251 e. The Balaban J connectivity index is 2.19. The van der Waals surface area contributed by atoms with E-state index in [1.54, 1.807) is 0 Å².